The van der Waals surface area contributed by atoms with E-state index in [4.69, 9.17) is 5.73 Å². The Morgan fingerprint density at radius 1 is 1.71 bits per heavy atom. The van der Waals surface area contributed by atoms with Gasteiger partial charge in [0.2, 0.25) is 5.91 Å². The van der Waals surface area contributed by atoms with E-state index in [1.54, 1.807) is 11.3 Å². The minimum absolute atomic E-state index is 0.0878. The van der Waals surface area contributed by atoms with Gasteiger partial charge in [0.15, 0.2) is 0 Å². The minimum Gasteiger partial charge on any atom is -0.351 e. The van der Waals surface area contributed by atoms with Crippen molar-refractivity contribution in [3.63, 3.8) is 0 Å². The molecular weight excluding hydrogens is 196 g/mol. The zero-order valence-electron chi connectivity index (χ0n) is 8.12. The zero-order valence-corrected chi connectivity index (χ0v) is 8.93. The van der Waals surface area contributed by atoms with E-state index in [9.17, 15) is 4.79 Å². The molecule has 76 valence electrons. The van der Waals surface area contributed by atoms with Gasteiger partial charge in [0.25, 0.3) is 0 Å². The summed E-state index contributed by atoms with van der Waals surface area (Å²) in [5, 5.41) is 2.90. The smallest absolute Gasteiger partial charge is 0.225 e. The van der Waals surface area contributed by atoms with Crippen molar-refractivity contribution in [2.75, 3.05) is 0 Å². The lowest BCUT2D eigenvalue weighted by atomic mass is 10.3. The summed E-state index contributed by atoms with van der Waals surface area (Å²) in [6, 6.07) is 4.45. The molecule has 0 aliphatic heterocycles. The summed E-state index contributed by atoms with van der Waals surface area (Å²) in [6.07, 6.45) is 1.41. The summed E-state index contributed by atoms with van der Waals surface area (Å²) in [5.74, 6) is 0.0878. The SMILES string of the molecule is Cc1ccc(CC(=O)NC2CC2N)s1. The first-order valence-corrected chi connectivity index (χ1v) is 5.57. The maximum atomic E-state index is 11.5. The average molecular weight is 210 g/mol. The second-order valence-electron chi connectivity index (χ2n) is 3.76. The lowest BCUT2D eigenvalue weighted by Crippen LogP contribution is -2.30. The van der Waals surface area contributed by atoms with Gasteiger partial charge in [-0.1, -0.05) is 0 Å². The summed E-state index contributed by atoms with van der Waals surface area (Å²) in [7, 11) is 0. The minimum atomic E-state index is 0.0878. The average Bonchev–Trinajstić information content (AvgIpc) is 2.59. The number of carbonyl (C=O) groups excluding carboxylic acids is 1. The number of hydrogen-bond donors (Lipinski definition) is 2. The molecule has 0 saturated heterocycles. The maximum Gasteiger partial charge on any atom is 0.225 e. The van der Waals surface area contributed by atoms with Gasteiger partial charge in [-0.15, -0.1) is 11.3 Å². The molecule has 0 aromatic carbocycles. The number of nitrogens with one attached hydrogen (secondary N) is 1. The van der Waals surface area contributed by atoms with E-state index in [0.29, 0.717) is 6.42 Å². The second kappa shape index (κ2) is 3.71. The van der Waals surface area contributed by atoms with Crippen LogP contribution in [0.3, 0.4) is 0 Å². The normalized spacial score (nSPS) is 24.7. The first-order valence-electron chi connectivity index (χ1n) is 4.75. The summed E-state index contributed by atoms with van der Waals surface area (Å²) in [6.45, 7) is 2.04. The van der Waals surface area contributed by atoms with Crippen LogP contribution in [0.2, 0.25) is 0 Å². The highest BCUT2D eigenvalue weighted by molar-refractivity contribution is 7.12. The van der Waals surface area contributed by atoms with Gasteiger partial charge in [0, 0.05) is 21.8 Å². The quantitative estimate of drug-likeness (QED) is 0.776. The van der Waals surface area contributed by atoms with Crippen molar-refractivity contribution in [2.24, 2.45) is 5.73 Å². The molecule has 14 heavy (non-hydrogen) atoms. The number of amides is 1. The van der Waals surface area contributed by atoms with Crippen molar-refractivity contribution in [1.29, 1.82) is 0 Å². The van der Waals surface area contributed by atoms with Crippen LogP contribution in [0.5, 0.6) is 0 Å². The number of rotatable bonds is 3. The molecule has 1 aliphatic rings. The van der Waals surface area contributed by atoms with Gasteiger partial charge >= 0.3 is 0 Å². The Labute approximate surface area is 87.3 Å². The van der Waals surface area contributed by atoms with Gasteiger partial charge < -0.3 is 11.1 Å². The third kappa shape index (κ3) is 2.33. The molecule has 3 N–H and O–H groups in total. The number of carbonyl (C=O) groups is 1. The fourth-order valence-electron chi connectivity index (χ4n) is 1.38. The molecule has 1 aliphatic carbocycles. The zero-order chi connectivity index (χ0) is 10.1. The lowest BCUT2D eigenvalue weighted by molar-refractivity contribution is -0.120. The molecule has 0 radical (unpaired) electrons. The molecule has 2 unspecified atom stereocenters. The molecule has 1 heterocycles. The molecule has 4 heteroatoms. The summed E-state index contributed by atoms with van der Waals surface area (Å²) in [5.41, 5.74) is 5.60. The van der Waals surface area contributed by atoms with Crippen LogP contribution < -0.4 is 11.1 Å². The van der Waals surface area contributed by atoms with Gasteiger partial charge in [-0.05, 0) is 25.5 Å². The van der Waals surface area contributed by atoms with E-state index in [-0.39, 0.29) is 18.0 Å². The van der Waals surface area contributed by atoms with Crippen molar-refractivity contribution in [3.8, 4) is 0 Å². The molecule has 1 amide bonds. The first-order chi connectivity index (χ1) is 6.65. The number of nitrogens with two attached hydrogens (primary N) is 1. The van der Waals surface area contributed by atoms with Crippen LogP contribution in [0.1, 0.15) is 16.2 Å². The predicted molar refractivity (Wildman–Crippen MR) is 57.3 cm³/mol. The highest BCUT2D eigenvalue weighted by Gasteiger charge is 2.34. The molecule has 2 atom stereocenters. The van der Waals surface area contributed by atoms with Gasteiger partial charge in [0.05, 0.1) is 6.42 Å². The van der Waals surface area contributed by atoms with Gasteiger partial charge in [-0.3, -0.25) is 4.79 Å². The molecule has 2 rings (SSSR count). The van der Waals surface area contributed by atoms with Crippen LogP contribution in [0.4, 0.5) is 0 Å². The Hall–Kier alpha value is -0.870. The van der Waals surface area contributed by atoms with Crippen LogP contribution in [-0.4, -0.2) is 18.0 Å². The van der Waals surface area contributed by atoms with E-state index in [0.717, 1.165) is 11.3 Å². The third-order valence-electron chi connectivity index (χ3n) is 2.32. The summed E-state index contributed by atoms with van der Waals surface area (Å²) < 4.78 is 0. The fraction of sp³-hybridized carbons (Fsp3) is 0.500. The monoisotopic (exact) mass is 210 g/mol. The lowest BCUT2D eigenvalue weighted by Gasteiger charge is -2.01. The highest BCUT2D eigenvalue weighted by atomic mass is 32.1. The molecule has 1 fully saturated rings. The van der Waals surface area contributed by atoms with E-state index >= 15 is 0 Å². The van der Waals surface area contributed by atoms with E-state index in [1.807, 2.05) is 19.1 Å². The Kier molecular flexibility index (Phi) is 2.56. The summed E-state index contributed by atoms with van der Waals surface area (Å²) >= 11 is 1.67. The van der Waals surface area contributed by atoms with Crippen molar-refractivity contribution >= 4 is 17.2 Å². The van der Waals surface area contributed by atoms with Crippen molar-refractivity contribution in [2.45, 2.75) is 31.8 Å². The largest absolute Gasteiger partial charge is 0.351 e. The number of aryl methyl sites for hydroxylation is 1. The highest BCUT2D eigenvalue weighted by Crippen LogP contribution is 2.19. The number of hydrogen-bond acceptors (Lipinski definition) is 3. The summed E-state index contributed by atoms with van der Waals surface area (Å²) in [4.78, 5) is 13.8. The molecule has 0 bridgehead atoms. The molecule has 1 saturated carbocycles. The van der Waals surface area contributed by atoms with Crippen LogP contribution in [0.15, 0.2) is 12.1 Å². The Morgan fingerprint density at radius 3 is 2.93 bits per heavy atom. The predicted octanol–water partition coefficient (Wildman–Crippen LogP) is 0.815. The molecular formula is C10H14N2OS. The van der Waals surface area contributed by atoms with Crippen LogP contribution in [0.25, 0.3) is 0 Å². The van der Waals surface area contributed by atoms with Gasteiger partial charge in [0.1, 0.15) is 0 Å². The van der Waals surface area contributed by atoms with E-state index in [2.05, 4.69) is 5.32 Å². The number of thiophene rings is 1. The molecule has 0 spiro atoms. The third-order valence-corrected chi connectivity index (χ3v) is 3.32. The van der Waals surface area contributed by atoms with Crippen molar-refractivity contribution in [1.82, 2.24) is 5.32 Å². The molecule has 3 nitrogen and oxygen atoms in total. The molecule has 1 aromatic rings. The van der Waals surface area contributed by atoms with Crippen molar-refractivity contribution in [3.05, 3.63) is 21.9 Å². The maximum absolute atomic E-state index is 11.5. The Bertz CT molecular complexity index is 348. The van der Waals surface area contributed by atoms with Gasteiger partial charge in [-0.2, -0.15) is 0 Å². The standard InChI is InChI=1S/C10H14N2OS/c1-6-2-3-7(14-6)4-10(13)12-9-5-8(9)11/h2-3,8-9H,4-5,11H2,1H3,(H,12,13). The van der Waals surface area contributed by atoms with E-state index < -0.39 is 0 Å². The molecule has 1 aromatic heterocycles. The van der Waals surface area contributed by atoms with Crippen LogP contribution >= 0.6 is 11.3 Å². The first kappa shape index (κ1) is 9.68. The fourth-order valence-corrected chi connectivity index (χ4v) is 2.27. The Balaban J connectivity index is 1.82. The van der Waals surface area contributed by atoms with E-state index in [1.165, 1.54) is 4.88 Å². The van der Waals surface area contributed by atoms with Gasteiger partial charge in [-0.25, -0.2) is 0 Å². The second-order valence-corrected chi connectivity index (χ2v) is 5.14. The van der Waals surface area contributed by atoms with Crippen LogP contribution in [0, 0.1) is 6.92 Å². The van der Waals surface area contributed by atoms with Crippen molar-refractivity contribution < 1.29 is 4.79 Å². The Morgan fingerprint density at radius 2 is 2.43 bits per heavy atom. The topological polar surface area (TPSA) is 55.1 Å². The van der Waals surface area contributed by atoms with Crippen LogP contribution in [-0.2, 0) is 11.2 Å².